The number of carbonyl (C=O) groups is 1. The molecule has 0 radical (unpaired) electrons. The molecule has 4 aromatic rings. The van der Waals surface area contributed by atoms with E-state index in [0.717, 1.165) is 11.1 Å². The summed E-state index contributed by atoms with van der Waals surface area (Å²) in [4.78, 5) is 31.6. The third-order valence-corrected chi connectivity index (χ3v) is 7.02. The second-order valence-electron chi connectivity index (χ2n) is 8.71. The third-order valence-electron chi connectivity index (χ3n) is 6.28. The first-order chi connectivity index (χ1) is 18.3. The molecule has 0 spiro atoms. The number of halogens is 2. The van der Waals surface area contributed by atoms with Crippen LogP contribution in [0.4, 0.5) is 0 Å². The van der Waals surface area contributed by atoms with Gasteiger partial charge in [-0.05, 0) is 38.5 Å². The minimum atomic E-state index is -0.715. The Balaban J connectivity index is 1.59. The normalized spacial score (nSPS) is 14.7. The van der Waals surface area contributed by atoms with Gasteiger partial charge in [0.1, 0.15) is 17.3 Å². The van der Waals surface area contributed by atoms with Crippen molar-refractivity contribution in [1.82, 2.24) is 14.7 Å². The molecule has 1 aliphatic rings. The minimum absolute atomic E-state index is 0.0677. The van der Waals surface area contributed by atoms with Crippen LogP contribution in [0.1, 0.15) is 42.5 Å². The highest BCUT2D eigenvalue weighted by Crippen LogP contribution is 2.41. The van der Waals surface area contributed by atoms with Gasteiger partial charge in [0, 0.05) is 11.6 Å². The predicted molar refractivity (Wildman–Crippen MR) is 143 cm³/mol. The Hall–Kier alpha value is -3.88. The quantitative estimate of drug-likeness (QED) is 0.274. The Kier molecular flexibility index (Phi) is 7.10. The molecule has 1 atom stereocenters. The van der Waals surface area contributed by atoms with Crippen molar-refractivity contribution in [2.24, 2.45) is 0 Å². The van der Waals surface area contributed by atoms with E-state index in [1.807, 2.05) is 30.3 Å². The van der Waals surface area contributed by atoms with Gasteiger partial charge in [0.15, 0.2) is 5.76 Å². The van der Waals surface area contributed by atoms with Crippen molar-refractivity contribution in [3.63, 3.8) is 0 Å². The van der Waals surface area contributed by atoms with Crippen molar-refractivity contribution in [3.05, 3.63) is 109 Å². The molecule has 10 heteroatoms. The number of hydrogen-bond acceptors (Lipinski definition) is 7. The van der Waals surface area contributed by atoms with Crippen LogP contribution in [0.25, 0.3) is 11.3 Å². The summed E-state index contributed by atoms with van der Waals surface area (Å²) in [5, 5.41) is 4.95. The molecule has 0 aliphatic carbocycles. The predicted octanol–water partition coefficient (Wildman–Crippen LogP) is 5.92. The van der Waals surface area contributed by atoms with Crippen LogP contribution in [0.3, 0.4) is 0 Å². The van der Waals surface area contributed by atoms with Gasteiger partial charge in [0.05, 0.1) is 40.3 Å². The maximum atomic E-state index is 14.0. The van der Waals surface area contributed by atoms with Crippen molar-refractivity contribution < 1.29 is 18.8 Å². The molecule has 0 bridgehead atoms. The zero-order chi connectivity index (χ0) is 27.0. The second-order valence-corrected chi connectivity index (χ2v) is 9.53. The Morgan fingerprint density at radius 2 is 1.84 bits per heavy atom. The molecular formula is C28H23Cl2N3O5. The van der Waals surface area contributed by atoms with Crippen molar-refractivity contribution in [1.29, 1.82) is 0 Å². The molecule has 194 valence electrons. The smallest absolute Gasteiger partial charge is 0.338 e. The number of benzene rings is 2. The van der Waals surface area contributed by atoms with Crippen LogP contribution in [-0.2, 0) is 16.1 Å². The largest absolute Gasteiger partial charge is 0.463 e. The average molecular weight is 552 g/mol. The Bertz CT molecular complexity index is 1630. The number of rotatable bonds is 6. The Labute approximate surface area is 228 Å². The van der Waals surface area contributed by atoms with Crippen LogP contribution in [-0.4, -0.2) is 27.3 Å². The summed E-state index contributed by atoms with van der Waals surface area (Å²) in [5.74, 6) is 0.0984. The lowest BCUT2D eigenvalue weighted by Crippen LogP contribution is -2.34. The summed E-state index contributed by atoms with van der Waals surface area (Å²) < 4.78 is 18.2. The van der Waals surface area contributed by atoms with Crippen LogP contribution >= 0.6 is 23.2 Å². The molecule has 2 aromatic carbocycles. The van der Waals surface area contributed by atoms with E-state index in [-0.39, 0.29) is 35.7 Å². The molecule has 3 heterocycles. The van der Waals surface area contributed by atoms with Crippen molar-refractivity contribution in [3.8, 4) is 17.1 Å². The van der Waals surface area contributed by atoms with Crippen molar-refractivity contribution in [2.75, 3.05) is 6.61 Å². The summed E-state index contributed by atoms with van der Waals surface area (Å²) in [6, 6.07) is 16.2. The molecular weight excluding hydrogens is 529 g/mol. The van der Waals surface area contributed by atoms with E-state index in [9.17, 15) is 9.59 Å². The lowest BCUT2D eigenvalue weighted by molar-refractivity contribution is -0.139. The zero-order valence-electron chi connectivity index (χ0n) is 20.8. The molecule has 38 heavy (non-hydrogen) atoms. The van der Waals surface area contributed by atoms with E-state index in [4.69, 9.17) is 37.2 Å². The van der Waals surface area contributed by atoms with Gasteiger partial charge < -0.3 is 14.0 Å². The number of fused-ring (bicyclic) bond motifs is 1. The first-order valence-corrected chi connectivity index (χ1v) is 12.7. The fraction of sp³-hybridized carbons (Fsp3) is 0.214. The number of aromatic nitrogens is 3. The molecule has 0 amide bonds. The molecule has 0 fully saturated rings. The highest BCUT2D eigenvalue weighted by Gasteiger charge is 2.38. The van der Waals surface area contributed by atoms with Crippen molar-refractivity contribution in [2.45, 2.75) is 33.2 Å². The molecule has 2 aromatic heterocycles. The number of nitrogens with zero attached hydrogens (tertiary/aromatic N) is 3. The topological polar surface area (TPSA) is 96.5 Å². The lowest BCUT2D eigenvalue weighted by Gasteiger charge is -2.28. The Morgan fingerprint density at radius 1 is 1.08 bits per heavy atom. The first kappa shape index (κ1) is 25.8. The van der Waals surface area contributed by atoms with Gasteiger partial charge in [0.25, 0.3) is 5.56 Å². The van der Waals surface area contributed by atoms with E-state index in [1.54, 1.807) is 45.0 Å². The Morgan fingerprint density at radius 3 is 2.55 bits per heavy atom. The maximum Gasteiger partial charge on any atom is 0.338 e. The number of aryl methyl sites for hydroxylation is 1. The van der Waals surface area contributed by atoms with E-state index >= 15 is 0 Å². The van der Waals surface area contributed by atoms with Crippen LogP contribution in [0.2, 0.25) is 10.0 Å². The van der Waals surface area contributed by atoms with E-state index < -0.39 is 11.9 Å². The van der Waals surface area contributed by atoms with E-state index in [2.05, 4.69) is 10.1 Å². The van der Waals surface area contributed by atoms with E-state index in [0.29, 0.717) is 33.1 Å². The van der Waals surface area contributed by atoms with Gasteiger partial charge in [-0.3, -0.25) is 9.36 Å². The van der Waals surface area contributed by atoms with E-state index in [1.165, 1.54) is 4.57 Å². The maximum absolute atomic E-state index is 14.0. The standard InChI is InChI=1S/C28H23Cl2N3O5/c1-4-36-28(35)23-15(2)37-26-25(24(23)17-8-6-5-7-9-17)27(34)33(16(3)31-26)14-19-13-22(32-38-19)18-10-11-20(29)21(30)12-18/h5-13,24H,4,14H2,1-3H3. The van der Waals surface area contributed by atoms with Crippen LogP contribution < -0.4 is 10.3 Å². The van der Waals surface area contributed by atoms with Gasteiger partial charge in [-0.25, -0.2) is 4.79 Å². The molecule has 1 unspecified atom stereocenters. The molecule has 8 nitrogen and oxygen atoms in total. The van der Waals surface area contributed by atoms with Crippen molar-refractivity contribution >= 4 is 29.2 Å². The van der Waals surface area contributed by atoms with Gasteiger partial charge in [-0.2, -0.15) is 4.98 Å². The number of allylic oxidation sites excluding steroid dienone is 1. The van der Waals surface area contributed by atoms with Crippen LogP contribution in [0, 0.1) is 6.92 Å². The summed E-state index contributed by atoms with van der Waals surface area (Å²) >= 11 is 12.2. The number of esters is 1. The fourth-order valence-corrected chi connectivity index (χ4v) is 4.79. The van der Waals surface area contributed by atoms with Crippen LogP contribution in [0.5, 0.6) is 5.88 Å². The SMILES string of the molecule is CCOC(=O)C1=C(C)Oc2nc(C)n(Cc3cc(-c4ccc(Cl)c(Cl)c4)no3)c(=O)c2C1c1ccccc1. The van der Waals surface area contributed by atoms with Gasteiger partial charge in [-0.15, -0.1) is 0 Å². The molecule has 0 saturated heterocycles. The first-order valence-electron chi connectivity index (χ1n) is 11.9. The highest BCUT2D eigenvalue weighted by atomic mass is 35.5. The summed E-state index contributed by atoms with van der Waals surface area (Å²) in [7, 11) is 0. The number of ether oxygens (including phenoxy) is 2. The van der Waals surface area contributed by atoms with Gasteiger partial charge in [-0.1, -0.05) is 64.8 Å². The number of carbonyl (C=O) groups excluding carboxylic acids is 1. The molecule has 0 N–H and O–H groups in total. The monoisotopic (exact) mass is 551 g/mol. The van der Waals surface area contributed by atoms with Gasteiger partial charge >= 0.3 is 5.97 Å². The van der Waals surface area contributed by atoms with Crippen LogP contribution in [0.15, 0.2) is 75.2 Å². The fourth-order valence-electron chi connectivity index (χ4n) is 4.49. The third kappa shape index (κ3) is 4.73. The minimum Gasteiger partial charge on any atom is -0.463 e. The summed E-state index contributed by atoms with van der Waals surface area (Å²) in [6.45, 7) is 5.36. The highest BCUT2D eigenvalue weighted by molar-refractivity contribution is 6.42. The number of hydrogen-bond donors (Lipinski definition) is 0. The summed E-state index contributed by atoms with van der Waals surface area (Å²) in [5.41, 5.74) is 2.17. The second kappa shape index (κ2) is 10.5. The zero-order valence-corrected chi connectivity index (χ0v) is 22.3. The molecule has 0 saturated carbocycles. The molecule has 1 aliphatic heterocycles. The summed E-state index contributed by atoms with van der Waals surface area (Å²) in [6.07, 6.45) is 0. The molecule has 5 rings (SSSR count). The lowest BCUT2D eigenvalue weighted by atomic mass is 9.83. The van der Waals surface area contributed by atoms with Gasteiger partial charge in [0.2, 0.25) is 5.88 Å². The average Bonchev–Trinajstić information content (AvgIpc) is 3.36.